The Labute approximate surface area is 121 Å². The SMILES string of the molecule is Cc1cc(C(=O)NCc2cn[nH]c2C)sc1C#CCO. The van der Waals surface area contributed by atoms with Gasteiger partial charge in [0.25, 0.3) is 5.91 Å². The molecule has 2 aromatic heterocycles. The molecule has 0 spiro atoms. The van der Waals surface area contributed by atoms with Crippen LogP contribution in [0.4, 0.5) is 0 Å². The van der Waals surface area contributed by atoms with Gasteiger partial charge in [0.2, 0.25) is 0 Å². The third-order valence-electron chi connectivity index (χ3n) is 2.80. The fourth-order valence-electron chi connectivity index (χ4n) is 1.65. The van der Waals surface area contributed by atoms with Crippen molar-refractivity contribution in [2.45, 2.75) is 20.4 Å². The number of aliphatic hydroxyl groups is 1. The topological polar surface area (TPSA) is 78.0 Å². The van der Waals surface area contributed by atoms with E-state index in [1.165, 1.54) is 11.3 Å². The second-order valence-electron chi connectivity index (χ2n) is 4.29. The third kappa shape index (κ3) is 3.26. The number of aromatic nitrogens is 2. The highest BCUT2D eigenvalue weighted by Crippen LogP contribution is 2.21. The van der Waals surface area contributed by atoms with Gasteiger partial charge in [-0.25, -0.2) is 0 Å². The molecule has 6 heteroatoms. The largest absolute Gasteiger partial charge is 0.384 e. The number of carbonyl (C=O) groups is 1. The zero-order chi connectivity index (χ0) is 14.5. The number of thiophene rings is 1. The van der Waals surface area contributed by atoms with Crippen LogP contribution in [-0.4, -0.2) is 27.8 Å². The summed E-state index contributed by atoms with van der Waals surface area (Å²) in [5.74, 6) is 5.30. The monoisotopic (exact) mass is 289 g/mol. The molecule has 0 unspecified atom stereocenters. The Balaban J connectivity index is 2.04. The van der Waals surface area contributed by atoms with Crippen molar-refractivity contribution in [3.63, 3.8) is 0 Å². The van der Waals surface area contributed by atoms with Gasteiger partial charge in [0.15, 0.2) is 0 Å². The molecule has 0 saturated carbocycles. The van der Waals surface area contributed by atoms with Crippen molar-refractivity contribution in [1.82, 2.24) is 15.5 Å². The van der Waals surface area contributed by atoms with Crippen molar-refractivity contribution in [3.8, 4) is 11.8 Å². The number of hydrogen-bond donors (Lipinski definition) is 3. The summed E-state index contributed by atoms with van der Waals surface area (Å²) in [6.45, 7) is 4.07. The quantitative estimate of drug-likeness (QED) is 0.747. The van der Waals surface area contributed by atoms with Crippen LogP contribution in [0.25, 0.3) is 0 Å². The average Bonchev–Trinajstić information content (AvgIpc) is 3.00. The molecule has 1 amide bonds. The van der Waals surface area contributed by atoms with E-state index in [9.17, 15) is 4.79 Å². The molecule has 0 atom stereocenters. The van der Waals surface area contributed by atoms with Crippen molar-refractivity contribution in [1.29, 1.82) is 0 Å². The van der Waals surface area contributed by atoms with E-state index in [2.05, 4.69) is 27.4 Å². The first-order valence-corrected chi connectivity index (χ1v) is 6.90. The molecule has 0 aliphatic rings. The number of aliphatic hydroxyl groups excluding tert-OH is 1. The van der Waals surface area contributed by atoms with Crippen LogP contribution in [0.5, 0.6) is 0 Å². The summed E-state index contributed by atoms with van der Waals surface area (Å²) in [7, 11) is 0. The van der Waals surface area contributed by atoms with Crippen molar-refractivity contribution in [2.24, 2.45) is 0 Å². The lowest BCUT2D eigenvalue weighted by Crippen LogP contribution is -2.21. The standard InChI is InChI=1S/C14H15N3O2S/c1-9-6-13(20-12(9)4-3-5-18)14(19)15-7-11-8-16-17-10(11)2/h6,8,18H,5,7H2,1-2H3,(H,15,19)(H,16,17). The molecular weight excluding hydrogens is 274 g/mol. The molecule has 5 nitrogen and oxygen atoms in total. The Bertz CT molecular complexity index is 676. The number of hydrogen-bond acceptors (Lipinski definition) is 4. The van der Waals surface area contributed by atoms with Gasteiger partial charge in [0.1, 0.15) is 6.61 Å². The Morgan fingerprint density at radius 1 is 1.55 bits per heavy atom. The molecule has 2 heterocycles. The van der Waals surface area contributed by atoms with E-state index in [4.69, 9.17) is 5.11 Å². The van der Waals surface area contributed by atoms with Crippen molar-refractivity contribution < 1.29 is 9.90 Å². The molecule has 0 aliphatic heterocycles. The van der Waals surface area contributed by atoms with E-state index in [-0.39, 0.29) is 12.5 Å². The number of carbonyl (C=O) groups excluding carboxylic acids is 1. The van der Waals surface area contributed by atoms with Crippen LogP contribution >= 0.6 is 11.3 Å². The second kappa shape index (κ2) is 6.37. The third-order valence-corrected chi connectivity index (χ3v) is 3.95. The van der Waals surface area contributed by atoms with Crippen molar-refractivity contribution >= 4 is 17.2 Å². The molecule has 0 aliphatic carbocycles. The number of nitrogens with zero attached hydrogens (tertiary/aromatic N) is 1. The highest BCUT2D eigenvalue weighted by atomic mass is 32.1. The first-order valence-electron chi connectivity index (χ1n) is 6.09. The van der Waals surface area contributed by atoms with Gasteiger partial charge in [-0.3, -0.25) is 9.89 Å². The number of aryl methyl sites for hydroxylation is 2. The Morgan fingerprint density at radius 3 is 3.00 bits per heavy atom. The summed E-state index contributed by atoms with van der Waals surface area (Å²) >= 11 is 1.33. The van der Waals surface area contributed by atoms with Gasteiger partial charge < -0.3 is 10.4 Å². The molecule has 2 aromatic rings. The molecule has 0 aromatic carbocycles. The molecule has 0 radical (unpaired) electrons. The molecule has 3 N–H and O–H groups in total. The normalized spacial score (nSPS) is 9.95. The van der Waals surface area contributed by atoms with Gasteiger partial charge in [-0.05, 0) is 25.5 Å². The van der Waals surface area contributed by atoms with E-state index in [0.717, 1.165) is 21.7 Å². The number of rotatable bonds is 3. The van der Waals surface area contributed by atoms with Gasteiger partial charge in [-0.15, -0.1) is 11.3 Å². The van der Waals surface area contributed by atoms with E-state index in [1.54, 1.807) is 6.20 Å². The van der Waals surface area contributed by atoms with E-state index in [1.807, 2.05) is 19.9 Å². The second-order valence-corrected chi connectivity index (χ2v) is 5.34. The zero-order valence-electron chi connectivity index (χ0n) is 11.3. The number of H-pyrrole nitrogens is 1. The van der Waals surface area contributed by atoms with Gasteiger partial charge in [-0.1, -0.05) is 11.8 Å². The summed E-state index contributed by atoms with van der Waals surface area (Å²) in [4.78, 5) is 13.5. The minimum atomic E-state index is -0.182. The van der Waals surface area contributed by atoms with Crippen LogP contribution in [0.1, 0.15) is 31.4 Å². The molecular formula is C14H15N3O2S. The molecule has 104 valence electrons. The van der Waals surface area contributed by atoms with Gasteiger partial charge in [0, 0.05) is 17.8 Å². The first-order chi connectivity index (χ1) is 9.61. The molecule has 20 heavy (non-hydrogen) atoms. The van der Waals surface area contributed by atoms with Crippen LogP contribution in [0.3, 0.4) is 0 Å². The lowest BCUT2D eigenvalue weighted by Gasteiger charge is -2.01. The first kappa shape index (κ1) is 14.3. The average molecular weight is 289 g/mol. The smallest absolute Gasteiger partial charge is 0.261 e. The van der Waals surface area contributed by atoms with E-state index >= 15 is 0 Å². The summed E-state index contributed by atoms with van der Waals surface area (Å²) < 4.78 is 0. The summed E-state index contributed by atoms with van der Waals surface area (Å²) in [5, 5.41) is 18.3. The fourth-order valence-corrected chi connectivity index (χ4v) is 2.62. The highest BCUT2D eigenvalue weighted by Gasteiger charge is 2.12. The lowest BCUT2D eigenvalue weighted by atomic mass is 10.2. The lowest BCUT2D eigenvalue weighted by molar-refractivity contribution is 0.0955. The van der Waals surface area contributed by atoms with Gasteiger partial charge >= 0.3 is 0 Å². The maximum Gasteiger partial charge on any atom is 0.261 e. The Hall–Kier alpha value is -2.10. The number of aromatic amines is 1. The minimum Gasteiger partial charge on any atom is -0.384 e. The van der Waals surface area contributed by atoms with Crippen molar-refractivity contribution in [2.75, 3.05) is 6.61 Å². The summed E-state index contributed by atoms with van der Waals surface area (Å²) in [6, 6.07) is 1.81. The summed E-state index contributed by atoms with van der Waals surface area (Å²) in [5.41, 5.74) is 2.86. The predicted molar refractivity (Wildman–Crippen MR) is 77.5 cm³/mol. The predicted octanol–water partition coefficient (Wildman–Crippen LogP) is 1.36. The van der Waals surface area contributed by atoms with Crippen LogP contribution in [-0.2, 0) is 6.54 Å². The van der Waals surface area contributed by atoms with Crippen LogP contribution < -0.4 is 5.32 Å². The Kier molecular flexibility index (Phi) is 4.56. The van der Waals surface area contributed by atoms with Gasteiger partial charge in [0.05, 0.1) is 16.0 Å². The molecule has 0 bridgehead atoms. The summed E-state index contributed by atoms with van der Waals surface area (Å²) in [6.07, 6.45) is 1.70. The van der Waals surface area contributed by atoms with Crippen LogP contribution in [0, 0.1) is 25.7 Å². The van der Waals surface area contributed by atoms with Crippen LogP contribution in [0.2, 0.25) is 0 Å². The van der Waals surface area contributed by atoms with E-state index in [0.29, 0.717) is 11.4 Å². The highest BCUT2D eigenvalue weighted by molar-refractivity contribution is 7.14. The molecule has 0 saturated heterocycles. The molecule has 2 rings (SSSR count). The van der Waals surface area contributed by atoms with Gasteiger partial charge in [-0.2, -0.15) is 5.10 Å². The number of amides is 1. The maximum atomic E-state index is 12.1. The number of nitrogens with one attached hydrogen (secondary N) is 2. The zero-order valence-corrected chi connectivity index (χ0v) is 12.1. The fraction of sp³-hybridized carbons (Fsp3) is 0.286. The van der Waals surface area contributed by atoms with Crippen molar-refractivity contribution in [3.05, 3.63) is 38.8 Å². The molecule has 0 fully saturated rings. The van der Waals surface area contributed by atoms with Crippen LogP contribution in [0.15, 0.2) is 12.3 Å². The minimum absolute atomic E-state index is 0.129. The van der Waals surface area contributed by atoms with E-state index < -0.39 is 0 Å². The maximum absolute atomic E-state index is 12.1. The Morgan fingerprint density at radius 2 is 2.35 bits per heavy atom.